The summed E-state index contributed by atoms with van der Waals surface area (Å²) in [7, 11) is 1.59. The number of nitrogens with one attached hydrogen (secondary N) is 1. The molecule has 1 atom stereocenters. The summed E-state index contributed by atoms with van der Waals surface area (Å²) in [4.78, 5) is 37.8. The quantitative estimate of drug-likeness (QED) is 0.848. The Balaban J connectivity index is 1.65. The molecule has 1 unspecified atom stereocenters. The molecule has 25 heavy (non-hydrogen) atoms. The van der Waals surface area contributed by atoms with E-state index in [1.54, 1.807) is 31.4 Å². The van der Waals surface area contributed by atoms with Gasteiger partial charge in [-0.25, -0.2) is 0 Å². The summed E-state index contributed by atoms with van der Waals surface area (Å²) >= 11 is 0. The Hall–Kier alpha value is -3.15. The second-order valence-electron chi connectivity index (χ2n) is 5.80. The maximum atomic E-state index is 12.3. The van der Waals surface area contributed by atoms with E-state index in [2.05, 4.69) is 5.32 Å². The van der Waals surface area contributed by atoms with E-state index in [0.29, 0.717) is 11.1 Å². The molecular formula is C19H18N2O4. The second-order valence-corrected chi connectivity index (χ2v) is 5.80. The number of benzene rings is 2. The molecule has 3 rings (SSSR count). The number of carbonyl (C=O) groups excluding carboxylic acids is 3. The molecule has 0 saturated carbocycles. The predicted molar refractivity (Wildman–Crippen MR) is 91.4 cm³/mol. The van der Waals surface area contributed by atoms with E-state index in [4.69, 9.17) is 4.74 Å². The van der Waals surface area contributed by atoms with Crippen LogP contribution in [0.3, 0.4) is 0 Å². The van der Waals surface area contributed by atoms with Gasteiger partial charge in [-0.05, 0) is 36.8 Å². The molecule has 6 heteroatoms. The Labute approximate surface area is 145 Å². The molecule has 0 saturated heterocycles. The van der Waals surface area contributed by atoms with Gasteiger partial charge in [0.05, 0.1) is 24.3 Å². The average molecular weight is 338 g/mol. The monoisotopic (exact) mass is 338 g/mol. The molecule has 1 aliphatic rings. The lowest BCUT2D eigenvalue weighted by molar-refractivity contribution is -0.122. The van der Waals surface area contributed by atoms with Crippen molar-refractivity contribution in [2.45, 2.75) is 13.0 Å². The highest BCUT2D eigenvalue weighted by Gasteiger charge is 2.36. The van der Waals surface area contributed by atoms with Gasteiger partial charge in [0.2, 0.25) is 5.91 Å². The summed E-state index contributed by atoms with van der Waals surface area (Å²) in [6.45, 7) is 1.54. The summed E-state index contributed by atoms with van der Waals surface area (Å²) in [6.07, 6.45) is 0. The number of hydrogen-bond acceptors (Lipinski definition) is 4. The molecule has 0 radical (unpaired) electrons. The van der Waals surface area contributed by atoms with Gasteiger partial charge in [-0.2, -0.15) is 0 Å². The maximum Gasteiger partial charge on any atom is 0.262 e. The fraction of sp³-hybridized carbons (Fsp3) is 0.211. The SMILES string of the molecule is COc1ccc(C(C)NC(=O)CN2C(=O)c3ccccc3C2=O)cc1. The van der Waals surface area contributed by atoms with Crippen molar-refractivity contribution >= 4 is 17.7 Å². The van der Waals surface area contributed by atoms with E-state index in [1.165, 1.54) is 0 Å². The highest BCUT2D eigenvalue weighted by atomic mass is 16.5. The first-order valence-electron chi connectivity index (χ1n) is 7.90. The zero-order valence-corrected chi connectivity index (χ0v) is 14.0. The van der Waals surface area contributed by atoms with E-state index in [-0.39, 0.29) is 12.6 Å². The summed E-state index contributed by atoms with van der Waals surface area (Å²) in [5.41, 5.74) is 1.57. The van der Waals surface area contributed by atoms with Crippen LogP contribution in [-0.2, 0) is 4.79 Å². The molecule has 0 aromatic heterocycles. The van der Waals surface area contributed by atoms with Crippen LogP contribution in [0.2, 0.25) is 0 Å². The zero-order valence-electron chi connectivity index (χ0n) is 14.0. The van der Waals surface area contributed by atoms with Crippen LogP contribution in [0.5, 0.6) is 5.75 Å². The lowest BCUT2D eigenvalue weighted by Crippen LogP contribution is -2.41. The first kappa shape index (κ1) is 16.7. The van der Waals surface area contributed by atoms with Gasteiger partial charge < -0.3 is 10.1 Å². The van der Waals surface area contributed by atoms with Crippen molar-refractivity contribution in [3.05, 3.63) is 65.2 Å². The fourth-order valence-corrected chi connectivity index (χ4v) is 2.79. The Morgan fingerprint density at radius 2 is 1.60 bits per heavy atom. The topological polar surface area (TPSA) is 75.7 Å². The van der Waals surface area contributed by atoms with Gasteiger partial charge in [0.15, 0.2) is 0 Å². The number of carbonyl (C=O) groups is 3. The first-order chi connectivity index (χ1) is 12.0. The number of methoxy groups -OCH3 is 1. The van der Waals surface area contributed by atoms with Crippen LogP contribution in [0.15, 0.2) is 48.5 Å². The molecule has 1 N–H and O–H groups in total. The Morgan fingerprint density at radius 3 is 2.12 bits per heavy atom. The van der Waals surface area contributed by atoms with Crippen molar-refractivity contribution in [2.75, 3.05) is 13.7 Å². The van der Waals surface area contributed by atoms with Gasteiger partial charge >= 0.3 is 0 Å². The van der Waals surface area contributed by atoms with Crippen LogP contribution in [0.1, 0.15) is 39.2 Å². The average Bonchev–Trinajstić information content (AvgIpc) is 2.87. The standard InChI is InChI=1S/C19H18N2O4/c1-12(13-7-9-14(25-2)10-8-13)20-17(22)11-21-18(23)15-5-3-4-6-16(15)19(21)24/h3-10,12H,11H2,1-2H3,(H,20,22). The van der Waals surface area contributed by atoms with Crippen LogP contribution < -0.4 is 10.1 Å². The highest BCUT2D eigenvalue weighted by molar-refractivity contribution is 6.22. The van der Waals surface area contributed by atoms with E-state index in [9.17, 15) is 14.4 Å². The predicted octanol–water partition coefficient (Wildman–Crippen LogP) is 2.17. The number of rotatable bonds is 5. The van der Waals surface area contributed by atoms with Crippen molar-refractivity contribution in [3.63, 3.8) is 0 Å². The molecule has 0 spiro atoms. The summed E-state index contributed by atoms with van der Waals surface area (Å²) in [6, 6.07) is 13.6. The molecule has 2 aromatic carbocycles. The lowest BCUT2D eigenvalue weighted by atomic mass is 10.1. The van der Waals surface area contributed by atoms with E-state index >= 15 is 0 Å². The smallest absolute Gasteiger partial charge is 0.262 e. The van der Waals surface area contributed by atoms with Crippen molar-refractivity contribution in [1.82, 2.24) is 10.2 Å². The van der Waals surface area contributed by atoms with Gasteiger partial charge in [-0.1, -0.05) is 24.3 Å². The molecule has 0 bridgehead atoms. The van der Waals surface area contributed by atoms with Crippen LogP contribution >= 0.6 is 0 Å². The van der Waals surface area contributed by atoms with Gasteiger partial charge in [0, 0.05) is 0 Å². The molecule has 0 fully saturated rings. The summed E-state index contributed by atoms with van der Waals surface area (Å²) in [5.74, 6) is -0.535. The Kier molecular flexibility index (Phi) is 4.52. The largest absolute Gasteiger partial charge is 0.497 e. The maximum absolute atomic E-state index is 12.3. The van der Waals surface area contributed by atoms with Crippen LogP contribution in [0.4, 0.5) is 0 Å². The molecule has 2 aromatic rings. The van der Waals surface area contributed by atoms with Crippen molar-refractivity contribution in [3.8, 4) is 5.75 Å². The van der Waals surface area contributed by atoms with Crippen molar-refractivity contribution in [2.24, 2.45) is 0 Å². The summed E-state index contributed by atoms with van der Waals surface area (Å²) < 4.78 is 5.10. The molecule has 128 valence electrons. The molecule has 6 nitrogen and oxygen atoms in total. The zero-order chi connectivity index (χ0) is 18.0. The fourth-order valence-electron chi connectivity index (χ4n) is 2.79. The van der Waals surface area contributed by atoms with Gasteiger partial charge in [-0.15, -0.1) is 0 Å². The van der Waals surface area contributed by atoms with Crippen LogP contribution in [0, 0.1) is 0 Å². The number of nitrogens with zero attached hydrogens (tertiary/aromatic N) is 1. The molecule has 3 amide bonds. The third kappa shape index (κ3) is 3.24. The molecular weight excluding hydrogens is 320 g/mol. The third-order valence-electron chi connectivity index (χ3n) is 4.17. The number of imide groups is 1. The summed E-state index contributed by atoms with van der Waals surface area (Å²) in [5, 5.41) is 2.80. The minimum atomic E-state index is -0.437. The van der Waals surface area contributed by atoms with Crippen LogP contribution in [-0.4, -0.2) is 36.3 Å². The molecule has 1 aliphatic heterocycles. The Bertz CT molecular complexity index is 795. The normalized spacial score (nSPS) is 14.2. The van der Waals surface area contributed by atoms with Crippen LogP contribution in [0.25, 0.3) is 0 Å². The number of fused-ring (bicyclic) bond motifs is 1. The van der Waals surface area contributed by atoms with Gasteiger partial charge in [0.25, 0.3) is 11.8 Å². The minimum absolute atomic E-state index is 0.256. The van der Waals surface area contributed by atoms with E-state index < -0.39 is 17.7 Å². The first-order valence-corrected chi connectivity index (χ1v) is 7.90. The van der Waals surface area contributed by atoms with E-state index in [1.807, 2.05) is 31.2 Å². The van der Waals surface area contributed by atoms with Crippen molar-refractivity contribution < 1.29 is 19.1 Å². The Morgan fingerprint density at radius 1 is 1.04 bits per heavy atom. The number of amides is 3. The second kappa shape index (κ2) is 6.76. The van der Waals surface area contributed by atoms with Crippen molar-refractivity contribution in [1.29, 1.82) is 0 Å². The highest BCUT2D eigenvalue weighted by Crippen LogP contribution is 2.22. The number of hydrogen-bond donors (Lipinski definition) is 1. The molecule has 0 aliphatic carbocycles. The minimum Gasteiger partial charge on any atom is -0.497 e. The number of ether oxygens (including phenoxy) is 1. The lowest BCUT2D eigenvalue weighted by Gasteiger charge is -2.18. The third-order valence-corrected chi connectivity index (χ3v) is 4.17. The van der Waals surface area contributed by atoms with Gasteiger partial charge in [0.1, 0.15) is 12.3 Å². The van der Waals surface area contributed by atoms with Gasteiger partial charge in [-0.3, -0.25) is 19.3 Å². The molecule has 1 heterocycles. The van der Waals surface area contributed by atoms with E-state index in [0.717, 1.165) is 16.2 Å².